The normalized spacial score (nSPS) is 17.9. The van der Waals surface area contributed by atoms with Crippen LogP contribution in [0.1, 0.15) is 26.2 Å². The first-order valence-corrected chi connectivity index (χ1v) is 9.94. The fourth-order valence-corrected chi connectivity index (χ4v) is 4.03. The van der Waals surface area contributed by atoms with Crippen LogP contribution in [0.2, 0.25) is 0 Å². The second kappa shape index (κ2) is 7.97. The topological polar surface area (TPSA) is 48.1 Å². The number of fused-ring (bicyclic) bond motifs is 1. The van der Waals surface area contributed by atoms with Crippen LogP contribution in [0.3, 0.4) is 0 Å². The lowest BCUT2D eigenvalue weighted by atomic mass is 9.97. The van der Waals surface area contributed by atoms with E-state index in [1.165, 1.54) is 5.39 Å². The van der Waals surface area contributed by atoms with Crippen LogP contribution in [-0.4, -0.2) is 35.4 Å². The van der Waals surface area contributed by atoms with Crippen LogP contribution in [0.25, 0.3) is 22.2 Å². The highest BCUT2D eigenvalue weighted by atomic mass is 16.1. The zero-order chi connectivity index (χ0) is 18.6. The minimum absolute atomic E-state index is 0.0852. The molecule has 3 aromatic rings. The molecule has 0 spiro atoms. The molecule has 1 atom stereocenters. The Balaban J connectivity index is 1.48. The summed E-state index contributed by atoms with van der Waals surface area (Å²) in [4.78, 5) is 18.6. The second-order valence-electron chi connectivity index (χ2n) is 7.48. The van der Waals surface area contributed by atoms with Crippen molar-refractivity contribution in [1.29, 1.82) is 0 Å². The number of nitrogens with zero attached hydrogens (tertiary/aromatic N) is 1. The Morgan fingerprint density at radius 2 is 2.07 bits per heavy atom. The lowest BCUT2D eigenvalue weighted by Crippen LogP contribution is -2.40. The maximum absolute atomic E-state index is 12.8. The summed E-state index contributed by atoms with van der Waals surface area (Å²) in [6.07, 6.45) is 3.22. The molecular weight excluding hydrogens is 334 g/mol. The predicted octanol–water partition coefficient (Wildman–Crippen LogP) is 4.90. The van der Waals surface area contributed by atoms with Crippen molar-refractivity contribution in [3.05, 3.63) is 54.6 Å². The molecule has 0 aliphatic carbocycles. The van der Waals surface area contributed by atoms with Crippen LogP contribution in [0.4, 0.5) is 5.69 Å². The largest absolute Gasteiger partial charge is 0.355 e. The summed E-state index contributed by atoms with van der Waals surface area (Å²) in [6.45, 7) is 5.27. The van der Waals surface area contributed by atoms with E-state index < -0.39 is 0 Å². The highest BCUT2D eigenvalue weighted by Crippen LogP contribution is 2.26. The molecule has 0 unspecified atom stereocenters. The number of H-pyrrole nitrogens is 1. The number of nitrogens with one attached hydrogen (secondary N) is 2. The van der Waals surface area contributed by atoms with Gasteiger partial charge in [0.15, 0.2) is 0 Å². The number of benzene rings is 2. The van der Waals surface area contributed by atoms with E-state index in [1.54, 1.807) is 0 Å². The standard InChI is InChI=1S/C23H27N3O/c1-2-12-26-13-6-9-19(16-26)23(27)24-20-10-5-8-17(14-20)22-15-18-7-3-4-11-21(18)25-22/h3-5,7-8,10-11,14-15,19,25H,2,6,9,12-13,16H2,1H3,(H,24,27)/t19-/m0/s1. The van der Waals surface area contributed by atoms with Crippen LogP contribution >= 0.6 is 0 Å². The molecular formula is C23H27N3O. The van der Waals surface area contributed by atoms with Gasteiger partial charge in [-0.3, -0.25) is 4.79 Å². The minimum Gasteiger partial charge on any atom is -0.355 e. The molecule has 4 heteroatoms. The molecule has 1 aromatic heterocycles. The van der Waals surface area contributed by atoms with Gasteiger partial charge in [0.05, 0.1) is 5.92 Å². The molecule has 4 nitrogen and oxygen atoms in total. The van der Waals surface area contributed by atoms with Crippen molar-refractivity contribution in [3.8, 4) is 11.3 Å². The molecule has 0 radical (unpaired) electrons. The van der Waals surface area contributed by atoms with Gasteiger partial charge in [-0.05, 0) is 56.6 Å². The maximum Gasteiger partial charge on any atom is 0.228 e. The highest BCUT2D eigenvalue weighted by Gasteiger charge is 2.25. The van der Waals surface area contributed by atoms with Gasteiger partial charge < -0.3 is 15.2 Å². The van der Waals surface area contributed by atoms with E-state index in [2.05, 4.69) is 52.5 Å². The van der Waals surface area contributed by atoms with Gasteiger partial charge in [-0.2, -0.15) is 0 Å². The Hall–Kier alpha value is -2.59. The van der Waals surface area contributed by atoms with Crippen LogP contribution in [0, 0.1) is 5.92 Å². The van der Waals surface area contributed by atoms with Crippen molar-refractivity contribution in [3.63, 3.8) is 0 Å². The number of aromatic nitrogens is 1. The Morgan fingerprint density at radius 3 is 2.93 bits per heavy atom. The van der Waals surface area contributed by atoms with E-state index in [9.17, 15) is 4.79 Å². The number of carbonyl (C=O) groups excluding carboxylic acids is 1. The fraction of sp³-hybridized carbons (Fsp3) is 0.348. The van der Waals surface area contributed by atoms with Crippen LogP contribution in [0.15, 0.2) is 54.6 Å². The number of para-hydroxylation sites is 1. The van der Waals surface area contributed by atoms with E-state index in [1.807, 2.05) is 24.3 Å². The molecule has 1 saturated heterocycles. The van der Waals surface area contributed by atoms with E-state index in [4.69, 9.17) is 0 Å². The molecule has 1 aliphatic rings. The lowest BCUT2D eigenvalue weighted by Gasteiger charge is -2.31. The zero-order valence-corrected chi connectivity index (χ0v) is 15.9. The summed E-state index contributed by atoms with van der Waals surface area (Å²) in [6, 6.07) is 18.5. The Morgan fingerprint density at radius 1 is 1.19 bits per heavy atom. The first kappa shape index (κ1) is 17.8. The van der Waals surface area contributed by atoms with Gasteiger partial charge >= 0.3 is 0 Å². The molecule has 2 aromatic carbocycles. The van der Waals surface area contributed by atoms with Gasteiger partial charge in [0, 0.05) is 34.4 Å². The summed E-state index contributed by atoms with van der Waals surface area (Å²) >= 11 is 0. The average molecular weight is 361 g/mol. The van der Waals surface area contributed by atoms with Crippen molar-refractivity contribution < 1.29 is 4.79 Å². The molecule has 2 N–H and O–H groups in total. The molecule has 140 valence electrons. The maximum atomic E-state index is 12.8. The average Bonchev–Trinajstić information content (AvgIpc) is 3.13. The number of hydrogen-bond acceptors (Lipinski definition) is 2. The molecule has 27 heavy (non-hydrogen) atoms. The van der Waals surface area contributed by atoms with Gasteiger partial charge in [-0.15, -0.1) is 0 Å². The summed E-state index contributed by atoms with van der Waals surface area (Å²) < 4.78 is 0. The van der Waals surface area contributed by atoms with Crippen molar-refractivity contribution in [1.82, 2.24) is 9.88 Å². The zero-order valence-electron chi connectivity index (χ0n) is 15.9. The number of carbonyl (C=O) groups is 1. The van der Waals surface area contributed by atoms with Crippen LogP contribution in [-0.2, 0) is 4.79 Å². The second-order valence-corrected chi connectivity index (χ2v) is 7.48. The summed E-state index contributed by atoms with van der Waals surface area (Å²) in [7, 11) is 0. The van der Waals surface area contributed by atoms with E-state index in [-0.39, 0.29) is 11.8 Å². The first-order chi connectivity index (χ1) is 13.2. The van der Waals surface area contributed by atoms with Gasteiger partial charge in [-0.25, -0.2) is 0 Å². The number of aromatic amines is 1. The molecule has 1 aliphatic heterocycles. The van der Waals surface area contributed by atoms with Gasteiger partial charge in [-0.1, -0.05) is 37.3 Å². The number of anilines is 1. The number of hydrogen-bond donors (Lipinski definition) is 2. The summed E-state index contributed by atoms with van der Waals surface area (Å²) in [5.41, 5.74) is 4.14. The minimum atomic E-state index is 0.0852. The van der Waals surface area contributed by atoms with Crippen LogP contribution < -0.4 is 5.32 Å². The van der Waals surface area contributed by atoms with Crippen LogP contribution in [0.5, 0.6) is 0 Å². The third-order valence-corrected chi connectivity index (χ3v) is 5.39. The van der Waals surface area contributed by atoms with Crippen molar-refractivity contribution in [2.75, 3.05) is 25.0 Å². The Labute approximate surface area is 160 Å². The van der Waals surface area contributed by atoms with E-state index >= 15 is 0 Å². The molecule has 0 saturated carbocycles. The Kier molecular flexibility index (Phi) is 5.26. The van der Waals surface area contributed by atoms with Crippen molar-refractivity contribution >= 4 is 22.5 Å². The molecule has 1 fully saturated rings. The number of rotatable bonds is 5. The summed E-state index contributed by atoms with van der Waals surface area (Å²) in [5, 5.41) is 4.33. The molecule has 1 amide bonds. The molecule has 2 heterocycles. The smallest absolute Gasteiger partial charge is 0.228 e. The quantitative estimate of drug-likeness (QED) is 0.679. The Bertz CT molecular complexity index is 895. The van der Waals surface area contributed by atoms with Crippen molar-refractivity contribution in [2.24, 2.45) is 5.92 Å². The number of likely N-dealkylation sites (tertiary alicyclic amines) is 1. The van der Waals surface area contributed by atoms with E-state index in [0.717, 1.165) is 61.4 Å². The lowest BCUT2D eigenvalue weighted by molar-refractivity contribution is -0.121. The molecule has 0 bridgehead atoms. The fourth-order valence-electron chi connectivity index (χ4n) is 4.03. The van der Waals surface area contributed by atoms with Gasteiger partial charge in [0.1, 0.15) is 0 Å². The van der Waals surface area contributed by atoms with Gasteiger partial charge in [0.2, 0.25) is 5.91 Å². The number of piperidine rings is 1. The number of amides is 1. The molecule has 4 rings (SSSR count). The first-order valence-electron chi connectivity index (χ1n) is 9.94. The van der Waals surface area contributed by atoms with Gasteiger partial charge in [0.25, 0.3) is 0 Å². The van der Waals surface area contributed by atoms with Crippen molar-refractivity contribution in [2.45, 2.75) is 26.2 Å². The predicted molar refractivity (Wildman–Crippen MR) is 112 cm³/mol. The SMILES string of the molecule is CCCN1CCC[C@H](C(=O)Nc2cccc(-c3cc4ccccc4[nH]3)c2)C1. The highest BCUT2D eigenvalue weighted by molar-refractivity contribution is 5.94. The summed E-state index contributed by atoms with van der Waals surface area (Å²) in [5.74, 6) is 0.228. The van der Waals surface area contributed by atoms with E-state index in [0.29, 0.717) is 0 Å². The monoisotopic (exact) mass is 361 g/mol. The third kappa shape index (κ3) is 4.06. The third-order valence-electron chi connectivity index (χ3n) is 5.39.